The van der Waals surface area contributed by atoms with Gasteiger partial charge in [-0.2, -0.15) is 0 Å². The number of ether oxygens (including phenoxy) is 1. The Kier molecular flexibility index (Phi) is 5.32. The maximum Gasteiger partial charge on any atom is 0.325 e. The van der Waals surface area contributed by atoms with E-state index >= 15 is 0 Å². The molecule has 3 rings (SSSR count). The van der Waals surface area contributed by atoms with Crippen molar-refractivity contribution in [3.05, 3.63) is 67.7 Å². The quantitative estimate of drug-likeness (QED) is 0.851. The average molecular weight is 361 g/mol. The largest absolute Gasteiger partial charge is 0.370 e. The first-order valence-corrected chi connectivity index (χ1v) is 8.41. The molecule has 2 aromatic rings. The monoisotopic (exact) mass is 361 g/mol. The van der Waals surface area contributed by atoms with Crippen LogP contribution < -0.4 is 11.2 Å². The van der Waals surface area contributed by atoms with Gasteiger partial charge in [-0.05, 0) is 31.0 Å². The Hall–Kier alpha value is -2.74. The summed E-state index contributed by atoms with van der Waals surface area (Å²) in [6.07, 6.45) is 0.105. The SMILES string of the molecule is Cc1[nH]c(=O)[nH]c(=O)c1CCC(=O)N1CCOC(c2ccc(F)cc2)C1. The smallest absolute Gasteiger partial charge is 0.325 e. The molecule has 138 valence electrons. The highest BCUT2D eigenvalue weighted by Gasteiger charge is 2.25. The average Bonchev–Trinajstić information content (AvgIpc) is 2.61. The van der Waals surface area contributed by atoms with Crippen molar-refractivity contribution in [2.75, 3.05) is 19.7 Å². The number of hydrogen-bond acceptors (Lipinski definition) is 4. The van der Waals surface area contributed by atoms with E-state index in [0.29, 0.717) is 31.0 Å². The molecule has 1 unspecified atom stereocenters. The van der Waals surface area contributed by atoms with Gasteiger partial charge in [0.1, 0.15) is 11.9 Å². The molecule has 2 N–H and O–H groups in total. The summed E-state index contributed by atoms with van der Waals surface area (Å²) in [4.78, 5) is 42.0. The molecule has 1 amide bonds. The highest BCUT2D eigenvalue weighted by Crippen LogP contribution is 2.23. The number of morpholine rings is 1. The summed E-state index contributed by atoms with van der Waals surface area (Å²) in [6.45, 7) is 2.88. The van der Waals surface area contributed by atoms with Gasteiger partial charge >= 0.3 is 5.69 Å². The third-order valence-corrected chi connectivity index (χ3v) is 4.50. The highest BCUT2D eigenvalue weighted by molar-refractivity contribution is 5.76. The van der Waals surface area contributed by atoms with E-state index in [1.165, 1.54) is 12.1 Å². The first-order chi connectivity index (χ1) is 12.4. The number of halogens is 1. The predicted molar refractivity (Wildman–Crippen MR) is 92.4 cm³/mol. The number of H-pyrrole nitrogens is 2. The number of carbonyl (C=O) groups excluding carboxylic acids is 1. The van der Waals surface area contributed by atoms with Crippen LogP contribution in [0.1, 0.15) is 29.3 Å². The summed E-state index contributed by atoms with van der Waals surface area (Å²) in [7, 11) is 0. The molecule has 2 heterocycles. The van der Waals surface area contributed by atoms with Crippen LogP contribution in [0.15, 0.2) is 33.9 Å². The Morgan fingerprint density at radius 3 is 2.69 bits per heavy atom. The van der Waals surface area contributed by atoms with Gasteiger partial charge in [0.25, 0.3) is 5.56 Å². The standard InChI is InChI=1S/C18H20FN3O4/c1-11-14(17(24)21-18(25)20-11)6-7-16(23)22-8-9-26-15(10-22)12-2-4-13(19)5-3-12/h2-5,15H,6-10H2,1H3,(H2,20,21,24,25). The molecule has 26 heavy (non-hydrogen) atoms. The second-order valence-electron chi connectivity index (χ2n) is 6.26. The van der Waals surface area contributed by atoms with E-state index in [9.17, 15) is 18.8 Å². The van der Waals surface area contributed by atoms with E-state index in [1.807, 2.05) is 0 Å². The third kappa shape index (κ3) is 4.08. The van der Waals surface area contributed by atoms with Gasteiger partial charge in [0, 0.05) is 24.2 Å². The zero-order valence-electron chi connectivity index (χ0n) is 14.4. The number of benzene rings is 1. The van der Waals surface area contributed by atoms with Crippen LogP contribution in [0.2, 0.25) is 0 Å². The van der Waals surface area contributed by atoms with Gasteiger partial charge in [0.15, 0.2) is 0 Å². The number of nitrogens with one attached hydrogen (secondary N) is 2. The fourth-order valence-corrected chi connectivity index (χ4v) is 3.07. The minimum absolute atomic E-state index is 0.0922. The lowest BCUT2D eigenvalue weighted by Crippen LogP contribution is -2.42. The summed E-state index contributed by atoms with van der Waals surface area (Å²) in [5.74, 6) is -0.413. The summed E-state index contributed by atoms with van der Waals surface area (Å²) >= 11 is 0. The second-order valence-corrected chi connectivity index (χ2v) is 6.26. The Morgan fingerprint density at radius 1 is 1.27 bits per heavy atom. The number of aromatic nitrogens is 2. The van der Waals surface area contributed by atoms with E-state index in [4.69, 9.17) is 4.74 Å². The normalized spacial score (nSPS) is 17.3. The molecular weight excluding hydrogens is 341 g/mol. The maximum atomic E-state index is 13.1. The van der Waals surface area contributed by atoms with Crippen molar-refractivity contribution >= 4 is 5.91 Å². The van der Waals surface area contributed by atoms with Crippen LogP contribution >= 0.6 is 0 Å². The number of nitrogens with zero attached hydrogens (tertiary/aromatic N) is 1. The first kappa shape index (κ1) is 18.1. The Labute approximate surface area is 148 Å². The van der Waals surface area contributed by atoms with Gasteiger partial charge in [-0.3, -0.25) is 14.6 Å². The van der Waals surface area contributed by atoms with Crippen molar-refractivity contribution in [1.29, 1.82) is 0 Å². The Balaban J connectivity index is 1.64. The lowest BCUT2D eigenvalue weighted by Gasteiger charge is -2.33. The molecule has 0 aliphatic carbocycles. The molecule has 0 radical (unpaired) electrons. The van der Waals surface area contributed by atoms with Gasteiger partial charge in [-0.1, -0.05) is 12.1 Å². The molecule has 1 fully saturated rings. The van der Waals surface area contributed by atoms with Gasteiger partial charge in [-0.15, -0.1) is 0 Å². The molecular formula is C18H20FN3O4. The van der Waals surface area contributed by atoms with Crippen LogP contribution in [0.25, 0.3) is 0 Å². The van der Waals surface area contributed by atoms with E-state index in [2.05, 4.69) is 9.97 Å². The summed E-state index contributed by atoms with van der Waals surface area (Å²) in [5, 5.41) is 0. The molecule has 1 aromatic heterocycles. The second kappa shape index (κ2) is 7.65. The number of hydrogen-bond donors (Lipinski definition) is 2. The first-order valence-electron chi connectivity index (χ1n) is 8.41. The molecule has 0 spiro atoms. The van der Waals surface area contributed by atoms with Crippen molar-refractivity contribution in [2.24, 2.45) is 0 Å². The van der Waals surface area contributed by atoms with Gasteiger partial charge in [-0.25, -0.2) is 9.18 Å². The van der Waals surface area contributed by atoms with E-state index in [0.717, 1.165) is 5.56 Å². The van der Waals surface area contributed by atoms with Crippen LogP contribution in [0, 0.1) is 12.7 Å². The molecule has 1 aliphatic rings. The maximum absolute atomic E-state index is 13.1. The zero-order valence-corrected chi connectivity index (χ0v) is 14.4. The molecule has 7 nitrogen and oxygen atoms in total. The number of amides is 1. The van der Waals surface area contributed by atoms with Crippen LogP contribution in [-0.4, -0.2) is 40.5 Å². The Morgan fingerprint density at radius 2 is 2.00 bits per heavy atom. The van der Waals surface area contributed by atoms with Crippen molar-refractivity contribution in [2.45, 2.75) is 25.9 Å². The van der Waals surface area contributed by atoms with E-state index < -0.39 is 11.2 Å². The molecule has 1 saturated heterocycles. The molecule has 8 heteroatoms. The molecule has 0 saturated carbocycles. The minimum Gasteiger partial charge on any atom is -0.370 e. The van der Waals surface area contributed by atoms with Gasteiger partial charge < -0.3 is 14.6 Å². The fourth-order valence-electron chi connectivity index (χ4n) is 3.07. The summed E-state index contributed by atoms with van der Waals surface area (Å²) in [5.41, 5.74) is 0.666. The Bertz CT molecular complexity index is 904. The van der Waals surface area contributed by atoms with Crippen molar-refractivity contribution in [1.82, 2.24) is 14.9 Å². The number of aryl methyl sites for hydroxylation is 1. The predicted octanol–water partition coefficient (Wildman–Crippen LogP) is 1.04. The van der Waals surface area contributed by atoms with Crippen LogP contribution in [0.5, 0.6) is 0 Å². The third-order valence-electron chi connectivity index (χ3n) is 4.50. The van der Waals surface area contributed by atoms with E-state index in [-0.39, 0.29) is 30.7 Å². The van der Waals surface area contributed by atoms with Crippen molar-refractivity contribution < 1.29 is 13.9 Å². The minimum atomic E-state index is -0.558. The summed E-state index contributed by atoms with van der Waals surface area (Å²) in [6, 6.07) is 6.03. The molecule has 1 aromatic carbocycles. The lowest BCUT2D eigenvalue weighted by atomic mass is 10.1. The van der Waals surface area contributed by atoms with Gasteiger partial charge in [0.05, 0.1) is 13.2 Å². The fraction of sp³-hybridized carbons (Fsp3) is 0.389. The molecule has 1 atom stereocenters. The van der Waals surface area contributed by atoms with Crippen LogP contribution in [-0.2, 0) is 16.0 Å². The van der Waals surface area contributed by atoms with Gasteiger partial charge in [0.2, 0.25) is 5.91 Å². The summed E-state index contributed by atoms with van der Waals surface area (Å²) < 4.78 is 18.7. The van der Waals surface area contributed by atoms with Crippen LogP contribution in [0.3, 0.4) is 0 Å². The van der Waals surface area contributed by atoms with Crippen LogP contribution in [0.4, 0.5) is 4.39 Å². The molecule has 0 bridgehead atoms. The number of rotatable bonds is 4. The topological polar surface area (TPSA) is 95.3 Å². The zero-order chi connectivity index (χ0) is 18.7. The van der Waals surface area contributed by atoms with E-state index in [1.54, 1.807) is 24.0 Å². The number of aromatic amines is 2. The molecule has 1 aliphatic heterocycles. The van der Waals surface area contributed by atoms with Crippen molar-refractivity contribution in [3.63, 3.8) is 0 Å². The highest BCUT2D eigenvalue weighted by atomic mass is 19.1. The number of carbonyl (C=O) groups is 1. The lowest BCUT2D eigenvalue weighted by molar-refractivity contribution is -0.139. The van der Waals surface area contributed by atoms with Crippen molar-refractivity contribution in [3.8, 4) is 0 Å².